The average molecular weight is 447 g/mol. The summed E-state index contributed by atoms with van der Waals surface area (Å²) in [5.41, 5.74) is 1.12. The van der Waals surface area contributed by atoms with Crippen LogP contribution in [0.15, 0.2) is 75.2 Å². The second kappa shape index (κ2) is 7.97. The fourth-order valence-electron chi connectivity index (χ4n) is 3.61. The number of nitro groups is 1. The number of carbonyl (C=O) groups is 1. The highest BCUT2D eigenvalue weighted by Crippen LogP contribution is 2.34. The van der Waals surface area contributed by atoms with Gasteiger partial charge in [0.1, 0.15) is 11.5 Å². The van der Waals surface area contributed by atoms with E-state index in [9.17, 15) is 14.9 Å². The van der Waals surface area contributed by atoms with Gasteiger partial charge in [-0.1, -0.05) is 36.9 Å². The maximum Gasteiger partial charge on any atom is 0.276 e. The number of nitrogens with one attached hydrogen (secondary N) is 1. The van der Waals surface area contributed by atoms with Gasteiger partial charge in [0.05, 0.1) is 10.3 Å². The number of nitro benzene ring substituents is 1. The van der Waals surface area contributed by atoms with Gasteiger partial charge in [-0.05, 0) is 36.1 Å². The van der Waals surface area contributed by atoms with Gasteiger partial charge in [0.2, 0.25) is 6.17 Å². The van der Waals surface area contributed by atoms with E-state index in [-0.39, 0.29) is 11.6 Å². The Kier molecular flexibility index (Phi) is 4.98. The van der Waals surface area contributed by atoms with Crippen LogP contribution in [0.1, 0.15) is 18.8 Å². The standard InChI is InChI=1S/C22H17N5O4S/c1-2-32-22-24-21(28)19-15-5-3-4-6-16(15)23-20(26(19)25-22)18-12-11-17(31-18)13-7-9-14(10-8-13)27(29)30/h3-12,20H,2H2,1H3,(H,24,25,28)/t20-/m0/s1. The zero-order valence-electron chi connectivity index (χ0n) is 16.9. The number of amidine groups is 1. The molecule has 0 radical (unpaired) electrons. The quantitative estimate of drug-likeness (QED) is 0.486. The number of carbonyl (C=O) groups excluding carboxylic acids is 1. The van der Waals surface area contributed by atoms with Crippen molar-refractivity contribution in [1.29, 1.82) is 0 Å². The molecule has 1 aromatic heterocycles. The summed E-state index contributed by atoms with van der Waals surface area (Å²) in [6, 6.07) is 17.1. The summed E-state index contributed by atoms with van der Waals surface area (Å²) in [4.78, 5) is 28.2. The fourth-order valence-corrected chi connectivity index (χ4v) is 4.19. The number of amides is 1. The highest BCUT2D eigenvalue weighted by molar-refractivity contribution is 8.13. The molecule has 3 aromatic rings. The number of furan rings is 1. The van der Waals surface area contributed by atoms with E-state index < -0.39 is 11.1 Å². The van der Waals surface area contributed by atoms with Crippen LogP contribution in [0.4, 0.5) is 5.69 Å². The number of para-hydroxylation sites is 1. The lowest BCUT2D eigenvalue weighted by Crippen LogP contribution is -2.50. The normalized spacial score (nSPS) is 17.1. The van der Waals surface area contributed by atoms with E-state index in [0.29, 0.717) is 38.5 Å². The van der Waals surface area contributed by atoms with Crippen LogP contribution in [0.25, 0.3) is 17.0 Å². The third-order valence-electron chi connectivity index (χ3n) is 5.04. The van der Waals surface area contributed by atoms with Gasteiger partial charge >= 0.3 is 0 Å². The molecule has 1 atom stereocenters. The first-order valence-corrected chi connectivity index (χ1v) is 10.9. The highest BCUT2D eigenvalue weighted by Gasteiger charge is 2.35. The molecule has 1 amide bonds. The monoisotopic (exact) mass is 447 g/mol. The average Bonchev–Trinajstić information content (AvgIpc) is 3.28. The van der Waals surface area contributed by atoms with E-state index in [1.807, 2.05) is 31.2 Å². The molecule has 160 valence electrons. The van der Waals surface area contributed by atoms with Crippen molar-refractivity contribution >= 4 is 34.2 Å². The van der Waals surface area contributed by atoms with Crippen molar-refractivity contribution in [2.75, 3.05) is 5.75 Å². The molecule has 0 saturated heterocycles. The number of benzene rings is 2. The summed E-state index contributed by atoms with van der Waals surface area (Å²) in [7, 11) is 0. The number of hydrazone groups is 1. The Hall–Kier alpha value is -3.92. The van der Waals surface area contributed by atoms with Crippen molar-refractivity contribution in [3.63, 3.8) is 0 Å². The number of hydrogen-bond donors (Lipinski definition) is 1. The van der Waals surface area contributed by atoms with Gasteiger partial charge in [-0.25, -0.2) is 10.0 Å². The Morgan fingerprint density at radius 2 is 1.94 bits per heavy atom. The maximum atomic E-state index is 13.0. The maximum absolute atomic E-state index is 13.0. The zero-order chi connectivity index (χ0) is 22.2. The van der Waals surface area contributed by atoms with Gasteiger partial charge < -0.3 is 4.42 Å². The second-order valence-corrected chi connectivity index (χ2v) is 8.26. The summed E-state index contributed by atoms with van der Waals surface area (Å²) in [5.74, 6) is 1.56. The third kappa shape index (κ3) is 3.44. The largest absolute Gasteiger partial charge is 0.457 e. The van der Waals surface area contributed by atoms with E-state index in [1.54, 1.807) is 29.3 Å². The molecular formula is C22H17N5O4S. The smallest absolute Gasteiger partial charge is 0.276 e. The minimum Gasteiger partial charge on any atom is -0.457 e. The molecule has 0 bridgehead atoms. The number of non-ortho nitro benzene ring substituents is 1. The minimum atomic E-state index is -0.662. The van der Waals surface area contributed by atoms with Gasteiger partial charge in [0, 0.05) is 22.9 Å². The number of thioether (sulfide) groups is 1. The molecule has 0 fully saturated rings. The Labute approximate surface area is 186 Å². The number of rotatable bonds is 4. The van der Waals surface area contributed by atoms with Crippen LogP contribution in [0.3, 0.4) is 0 Å². The van der Waals surface area contributed by atoms with E-state index in [4.69, 9.17) is 9.41 Å². The molecule has 9 nitrogen and oxygen atoms in total. The molecular weight excluding hydrogens is 430 g/mol. The summed E-state index contributed by atoms with van der Waals surface area (Å²) < 4.78 is 6.08. The predicted molar refractivity (Wildman–Crippen MR) is 120 cm³/mol. The summed E-state index contributed by atoms with van der Waals surface area (Å²) in [5, 5.41) is 21.9. The van der Waals surface area contributed by atoms with E-state index in [1.165, 1.54) is 23.9 Å². The first kappa shape index (κ1) is 20.0. The van der Waals surface area contributed by atoms with Gasteiger partial charge in [-0.3, -0.25) is 20.2 Å². The molecule has 32 heavy (non-hydrogen) atoms. The van der Waals surface area contributed by atoms with Crippen LogP contribution < -0.4 is 15.9 Å². The molecule has 10 heteroatoms. The van der Waals surface area contributed by atoms with Crippen molar-refractivity contribution in [3.8, 4) is 11.3 Å². The lowest BCUT2D eigenvalue weighted by molar-refractivity contribution is -0.384. The first-order chi connectivity index (χ1) is 15.5. The lowest BCUT2D eigenvalue weighted by atomic mass is 10.1. The van der Waals surface area contributed by atoms with Gasteiger partial charge in [-0.2, -0.15) is 0 Å². The van der Waals surface area contributed by atoms with Gasteiger partial charge in [0.25, 0.3) is 11.6 Å². The van der Waals surface area contributed by atoms with Gasteiger partial charge in [-0.15, -0.1) is 5.10 Å². The van der Waals surface area contributed by atoms with Crippen LogP contribution in [0.2, 0.25) is 0 Å². The zero-order valence-corrected chi connectivity index (χ0v) is 17.7. The van der Waals surface area contributed by atoms with Crippen molar-refractivity contribution < 1.29 is 14.1 Å². The minimum absolute atomic E-state index is 0.00767. The van der Waals surface area contributed by atoms with Crippen molar-refractivity contribution in [3.05, 3.63) is 87.1 Å². The second-order valence-electron chi connectivity index (χ2n) is 7.01. The molecule has 2 aliphatic heterocycles. The first-order valence-electron chi connectivity index (χ1n) is 9.89. The Morgan fingerprint density at radius 1 is 1.16 bits per heavy atom. The van der Waals surface area contributed by atoms with Crippen LogP contribution in [0, 0.1) is 10.1 Å². The molecule has 1 N–H and O–H groups in total. The third-order valence-corrected chi connectivity index (χ3v) is 5.79. The number of hydrogen-bond acceptors (Lipinski definition) is 8. The van der Waals surface area contributed by atoms with Crippen molar-refractivity contribution in [2.24, 2.45) is 10.1 Å². The molecule has 0 spiro atoms. The summed E-state index contributed by atoms with van der Waals surface area (Å²) >= 11 is 1.43. The Balaban J connectivity index is 1.59. The molecule has 5 rings (SSSR count). The SMILES string of the molecule is CCSC1=NN2C(=c3ccccc3=N[C@@H]2c2ccc(-c3ccc([N+](=O)[O-])cc3)o2)C(=O)N1. The molecule has 2 aromatic carbocycles. The summed E-state index contributed by atoms with van der Waals surface area (Å²) in [6.45, 7) is 1.98. The molecule has 3 heterocycles. The van der Waals surface area contributed by atoms with Crippen molar-refractivity contribution in [2.45, 2.75) is 13.1 Å². The van der Waals surface area contributed by atoms with E-state index >= 15 is 0 Å². The Morgan fingerprint density at radius 3 is 2.69 bits per heavy atom. The summed E-state index contributed by atoms with van der Waals surface area (Å²) in [6.07, 6.45) is -0.662. The molecule has 0 aliphatic carbocycles. The highest BCUT2D eigenvalue weighted by atomic mass is 32.2. The number of nitrogens with zero attached hydrogens (tertiary/aromatic N) is 4. The predicted octanol–water partition coefficient (Wildman–Crippen LogP) is 2.75. The van der Waals surface area contributed by atoms with Gasteiger partial charge in [0.15, 0.2) is 10.9 Å². The van der Waals surface area contributed by atoms with E-state index in [2.05, 4.69) is 10.4 Å². The van der Waals surface area contributed by atoms with Crippen LogP contribution in [-0.4, -0.2) is 26.8 Å². The van der Waals surface area contributed by atoms with Crippen LogP contribution in [0.5, 0.6) is 0 Å². The molecule has 2 aliphatic rings. The topological polar surface area (TPSA) is 113 Å². The molecule has 0 unspecified atom stereocenters. The lowest BCUT2D eigenvalue weighted by Gasteiger charge is -2.32. The Bertz CT molecular complexity index is 1380. The van der Waals surface area contributed by atoms with Crippen LogP contribution >= 0.6 is 11.8 Å². The number of fused-ring (bicyclic) bond motifs is 2. The van der Waals surface area contributed by atoms with Crippen molar-refractivity contribution in [1.82, 2.24) is 10.3 Å². The van der Waals surface area contributed by atoms with E-state index in [0.717, 1.165) is 5.75 Å². The fraction of sp³-hybridized carbons (Fsp3) is 0.136. The van der Waals surface area contributed by atoms with Crippen LogP contribution in [-0.2, 0) is 4.79 Å². The molecule has 0 saturated carbocycles.